The van der Waals surface area contributed by atoms with E-state index in [1.807, 2.05) is 0 Å². The van der Waals surface area contributed by atoms with E-state index >= 15 is 0 Å². The van der Waals surface area contributed by atoms with Gasteiger partial charge >= 0.3 is 0 Å². The lowest BCUT2D eigenvalue weighted by Gasteiger charge is -2.16. The zero-order valence-electron chi connectivity index (χ0n) is 8.54. The third-order valence-electron chi connectivity index (χ3n) is 1.91. The topological polar surface area (TPSA) is 46.3 Å². The van der Waals surface area contributed by atoms with Gasteiger partial charge in [0, 0.05) is 12.6 Å². The molecule has 0 bridgehead atoms. The SMILES string of the molecule is CN(CC(N)=S)C(=O)c1ccc(F)c(Cl)c1. The number of hydrogen-bond donors (Lipinski definition) is 1. The molecule has 0 atom stereocenters. The van der Waals surface area contributed by atoms with Gasteiger partial charge in [0.15, 0.2) is 0 Å². The van der Waals surface area contributed by atoms with E-state index in [4.69, 9.17) is 17.3 Å². The van der Waals surface area contributed by atoms with Crippen molar-refractivity contribution < 1.29 is 9.18 Å². The van der Waals surface area contributed by atoms with Gasteiger partial charge in [-0.2, -0.15) is 0 Å². The summed E-state index contributed by atoms with van der Waals surface area (Å²) in [5.74, 6) is -0.870. The Kier molecular flexibility index (Phi) is 4.20. The highest BCUT2D eigenvalue weighted by molar-refractivity contribution is 7.80. The number of halogens is 2. The van der Waals surface area contributed by atoms with Crippen LogP contribution in [0, 0.1) is 5.82 Å². The van der Waals surface area contributed by atoms with Crippen molar-refractivity contribution in [1.29, 1.82) is 0 Å². The zero-order chi connectivity index (χ0) is 12.3. The van der Waals surface area contributed by atoms with E-state index in [2.05, 4.69) is 12.2 Å². The average molecular weight is 261 g/mol. The maximum Gasteiger partial charge on any atom is 0.254 e. The van der Waals surface area contributed by atoms with E-state index in [0.717, 1.165) is 6.07 Å². The first-order valence-electron chi connectivity index (χ1n) is 4.40. The van der Waals surface area contributed by atoms with Crippen LogP contribution in [0.15, 0.2) is 18.2 Å². The van der Waals surface area contributed by atoms with Gasteiger partial charge < -0.3 is 10.6 Å². The van der Waals surface area contributed by atoms with Gasteiger partial charge in [-0.15, -0.1) is 0 Å². The minimum atomic E-state index is -0.560. The number of carbonyl (C=O) groups excluding carboxylic acids is 1. The molecule has 16 heavy (non-hydrogen) atoms. The van der Waals surface area contributed by atoms with Gasteiger partial charge in [-0.05, 0) is 18.2 Å². The molecular formula is C10H10ClFN2OS. The Labute approximate surface area is 103 Å². The van der Waals surface area contributed by atoms with Crippen LogP contribution in [-0.2, 0) is 0 Å². The monoisotopic (exact) mass is 260 g/mol. The largest absolute Gasteiger partial charge is 0.392 e. The number of thiocarbonyl (C=S) groups is 1. The fraction of sp³-hybridized carbons (Fsp3) is 0.200. The summed E-state index contributed by atoms with van der Waals surface area (Å²) < 4.78 is 12.9. The highest BCUT2D eigenvalue weighted by atomic mass is 35.5. The molecule has 0 saturated carbocycles. The van der Waals surface area contributed by atoms with E-state index in [9.17, 15) is 9.18 Å². The Morgan fingerprint density at radius 3 is 2.75 bits per heavy atom. The first-order chi connectivity index (χ1) is 7.41. The van der Waals surface area contributed by atoms with Crippen LogP contribution in [0.3, 0.4) is 0 Å². The van der Waals surface area contributed by atoms with Crippen molar-refractivity contribution in [3.63, 3.8) is 0 Å². The number of amides is 1. The number of nitrogens with two attached hydrogens (primary N) is 1. The fourth-order valence-corrected chi connectivity index (χ4v) is 1.53. The Morgan fingerprint density at radius 2 is 2.25 bits per heavy atom. The molecule has 6 heteroatoms. The van der Waals surface area contributed by atoms with E-state index in [1.54, 1.807) is 7.05 Å². The molecule has 0 aliphatic heterocycles. The summed E-state index contributed by atoms with van der Waals surface area (Å²) in [6, 6.07) is 3.78. The van der Waals surface area contributed by atoms with Gasteiger partial charge in [0.25, 0.3) is 5.91 Å². The lowest BCUT2D eigenvalue weighted by Crippen LogP contribution is -2.34. The maximum absolute atomic E-state index is 12.9. The van der Waals surface area contributed by atoms with Crippen molar-refractivity contribution in [3.8, 4) is 0 Å². The summed E-state index contributed by atoms with van der Waals surface area (Å²) in [7, 11) is 1.55. The maximum atomic E-state index is 12.9. The van der Waals surface area contributed by atoms with Crippen LogP contribution < -0.4 is 5.73 Å². The van der Waals surface area contributed by atoms with Crippen molar-refractivity contribution in [2.45, 2.75) is 0 Å². The third-order valence-corrected chi connectivity index (χ3v) is 2.33. The van der Waals surface area contributed by atoms with Gasteiger partial charge in [0.1, 0.15) is 5.82 Å². The molecule has 1 aromatic carbocycles. The summed E-state index contributed by atoms with van der Waals surface area (Å²) in [6.45, 7) is 0.170. The van der Waals surface area contributed by atoms with Crippen molar-refractivity contribution in [1.82, 2.24) is 4.90 Å². The molecule has 1 rings (SSSR count). The molecule has 86 valence electrons. The van der Waals surface area contributed by atoms with Crippen LogP contribution in [0.4, 0.5) is 4.39 Å². The average Bonchev–Trinajstić information content (AvgIpc) is 2.20. The Morgan fingerprint density at radius 1 is 1.62 bits per heavy atom. The predicted molar refractivity (Wildman–Crippen MR) is 65.2 cm³/mol. The molecule has 0 saturated heterocycles. The number of likely N-dealkylation sites (N-methyl/N-ethyl adjacent to an activating group) is 1. The van der Waals surface area contributed by atoms with Gasteiger partial charge in [0.05, 0.1) is 16.6 Å². The van der Waals surface area contributed by atoms with E-state index in [0.29, 0.717) is 5.56 Å². The molecule has 1 amide bonds. The second kappa shape index (κ2) is 5.23. The fourth-order valence-electron chi connectivity index (χ4n) is 1.16. The minimum Gasteiger partial charge on any atom is -0.392 e. The zero-order valence-corrected chi connectivity index (χ0v) is 10.1. The molecule has 0 heterocycles. The predicted octanol–water partition coefficient (Wildman–Crippen LogP) is 1.84. The molecular weight excluding hydrogens is 251 g/mol. The lowest BCUT2D eigenvalue weighted by atomic mass is 10.2. The van der Waals surface area contributed by atoms with Gasteiger partial charge in [0.2, 0.25) is 0 Å². The van der Waals surface area contributed by atoms with Crippen molar-refractivity contribution in [2.75, 3.05) is 13.6 Å². The molecule has 0 spiro atoms. The highest BCUT2D eigenvalue weighted by Gasteiger charge is 2.13. The Balaban J connectivity index is 2.88. The first-order valence-corrected chi connectivity index (χ1v) is 5.19. The number of hydrogen-bond acceptors (Lipinski definition) is 2. The van der Waals surface area contributed by atoms with Gasteiger partial charge in [-0.25, -0.2) is 4.39 Å². The minimum absolute atomic E-state index is 0.0884. The number of rotatable bonds is 3. The second-order valence-corrected chi connectivity index (χ2v) is 4.19. The molecule has 0 aromatic heterocycles. The molecule has 1 aromatic rings. The van der Waals surface area contributed by atoms with Crippen LogP contribution in [0.25, 0.3) is 0 Å². The summed E-state index contributed by atoms with van der Waals surface area (Å²) >= 11 is 10.3. The van der Waals surface area contributed by atoms with Crippen LogP contribution in [-0.4, -0.2) is 29.4 Å². The summed E-state index contributed by atoms with van der Waals surface area (Å²) in [4.78, 5) is 13.3. The normalized spacial score (nSPS) is 9.94. The molecule has 0 radical (unpaired) electrons. The smallest absolute Gasteiger partial charge is 0.254 e. The highest BCUT2D eigenvalue weighted by Crippen LogP contribution is 2.16. The molecule has 0 aliphatic rings. The van der Waals surface area contributed by atoms with E-state index < -0.39 is 5.82 Å². The molecule has 0 aliphatic carbocycles. The van der Waals surface area contributed by atoms with E-state index in [1.165, 1.54) is 17.0 Å². The lowest BCUT2D eigenvalue weighted by molar-refractivity contribution is 0.0815. The van der Waals surface area contributed by atoms with Gasteiger partial charge in [-0.3, -0.25) is 4.79 Å². The van der Waals surface area contributed by atoms with Crippen LogP contribution in [0.5, 0.6) is 0 Å². The Hall–Kier alpha value is -1.20. The summed E-state index contributed by atoms with van der Waals surface area (Å²) in [6.07, 6.45) is 0. The quantitative estimate of drug-likeness (QED) is 0.844. The number of benzene rings is 1. The second-order valence-electron chi connectivity index (χ2n) is 3.26. The molecule has 0 unspecified atom stereocenters. The first kappa shape index (κ1) is 12.9. The number of carbonyl (C=O) groups is 1. The summed E-state index contributed by atoms with van der Waals surface area (Å²) in [5.41, 5.74) is 5.61. The molecule has 0 fully saturated rings. The van der Waals surface area contributed by atoms with Crippen LogP contribution in [0.1, 0.15) is 10.4 Å². The van der Waals surface area contributed by atoms with Crippen LogP contribution in [0.2, 0.25) is 5.02 Å². The molecule has 2 N–H and O–H groups in total. The van der Waals surface area contributed by atoms with Gasteiger partial charge in [-0.1, -0.05) is 23.8 Å². The Bertz CT molecular complexity index is 439. The van der Waals surface area contributed by atoms with Crippen molar-refractivity contribution in [3.05, 3.63) is 34.6 Å². The van der Waals surface area contributed by atoms with Crippen LogP contribution >= 0.6 is 23.8 Å². The third kappa shape index (κ3) is 3.15. The molecule has 3 nitrogen and oxygen atoms in total. The van der Waals surface area contributed by atoms with Crippen molar-refractivity contribution >= 4 is 34.7 Å². The van der Waals surface area contributed by atoms with Crippen molar-refractivity contribution in [2.24, 2.45) is 5.73 Å². The summed E-state index contributed by atoms with van der Waals surface area (Å²) in [5, 5.41) is -0.0884. The number of nitrogens with zero attached hydrogens (tertiary/aromatic N) is 1. The van der Waals surface area contributed by atoms with E-state index in [-0.39, 0.29) is 22.5 Å². The standard InChI is InChI=1S/C10H10ClFN2OS/c1-14(5-9(13)16)10(15)6-2-3-8(12)7(11)4-6/h2-4H,5H2,1H3,(H2,13,16).